The largest absolute Gasteiger partial charge is 0.357 e. The quantitative estimate of drug-likeness (QED) is 0.194. The van der Waals surface area contributed by atoms with Gasteiger partial charge in [0.15, 0.2) is 0 Å². The van der Waals surface area contributed by atoms with E-state index in [0.29, 0.717) is 11.1 Å². The maximum atomic E-state index is 14.1. The second kappa shape index (κ2) is 11.2. The van der Waals surface area contributed by atoms with E-state index in [-0.39, 0.29) is 5.69 Å². The van der Waals surface area contributed by atoms with Crippen LogP contribution in [0.15, 0.2) is 113 Å². The molecule has 2 heterocycles. The number of rotatable bonds is 8. The Balaban J connectivity index is 1.72. The van der Waals surface area contributed by atoms with Crippen LogP contribution in [0.25, 0.3) is 17.8 Å². The minimum Gasteiger partial charge on any atom is -0.280 e. The van der Waals surface area contributed by atoms with Crippen molar-refractivity contribution in [3.8, 4) is 5.69 Å². The van der Waals surface area contributed by atoms with E-state index < -0.39 is 33.9 Å². The third-order valence-corrected chi connectivity index (χ3v) is 6.91. The lowest BCUT2D eigenvalue weighted by atomic mass is 10.1. The molecule has 0 saturated carbocycles. The maximum Gasteiger partial charge on any atom is 0.357 e. The summed E-state index contributed by atoms with van der Waals surface area (Å²) in [7, 11) is 0. The summed E-state index contributed by atoms with van der Waals surface area (Å²) < 4.78 is 3.97. The SMILES string of the molecule is CC(c1ccccc1)n1c(/C=C/c2cnn(-c3ccccc3)c2)c([N+](=O)[O-])c(=O)n(C(C)c2ccccc2)c1=O. The Hall–Kier alpha value is -5.31. The van der Waals surface area contributed by atoms with Gasteiger partial charge in [0.1, 0.15) is 5.69 Å². The number of hydrogen-bond donors (Lipinski definition) is 0. The third kappa shape index (κ3) is 5.04. The zero-order valence-corrected chi connectivity index (χ0v) is 22.0. The number of hydrogen-bond acceptors (Lipinski definition) is 5. The standard InChI is InChI=1S/C31H27N5O4/c1-22(25-12-6-3-7-13-25)34-28(19-18-24-20-32-33(21-24)27-16-10-5-11-17-27)29(36(39)40)30(37)35(31(34)38)23(2)26-14-8-4-9-15-26/h3-23H,1-2H3/b19-18+. The van der Waals surface area contributed by atoms with Crippen molar-refractivity contribution in [1.82, 2.24) is 18.9 Å². The van der Waals surface area contributed by atoms with E-state index >= 15 is 0 Å². The summed E-state index contributed by atoms with van der Waals surface area (Å²) in [5.74, 6) is 0. The zero-order chi connectivity index (χ0) is 28.2. The molecule has 0 aliphatic heterocycles. The summed E-state index contributed by atoms with van der Waals surface area (Å²) in [5.41, 5.74) is 0.601. The summed E-state index contributed by atoms with van der Waals surface area (Å²) in [4.78, 5) is 39.4. The summed E-state index contributed by atoms with van der Waals surface area (Å²) >= 11 is 0. The molecule has 0 bridgehead atoms. The highest BCUT2D eigenvalue weighted by atomic mass is 16.6. The number of para-hydroxylation sites is 1. The lowest BCUT2D eigenvalue weighted by Gasteiger charge is -2.22. The molecule has 9 nitrogen and oxygen atoms in total. The highest BCUT2D eigenvalue weighted by molar-refractivity contribution is 5.72. The van der Waals surface area contributed by atoms with Crippen LogP contribution in [0.4, 0.5) is 5.69 Å². The molecule has 9 heteroatoms. The first kappa shape index (κ1) is 26.3. The molecule has 0 saturated heterocycles. The fourth-order valence-corrected chi connectivity index (χ4v) is 4.77. The fourth-order valence-electron chi connectivity index (χ4n) is 4.77. The molecule has 0 amide bonds. The summed E-state index contributed by atoms with van der Waals surface area (Å²) in [5, 5.41) is 16.8. The van der Waals surface area contributed by atoms with Crippen molar-refractivity contribution in [2.75, 3.05) is 0 Å². The predicted molar refractivity (Wildman–Crippen MR) is 155 cm³/mol. The summed E-state index contributed by atoms with van der Waals surface area (Å²) in [6, 6.07) is 26.4. The van der Waals surface area contributed by atoms with Gasteiger partial charge >= 0.3 is 16.9 Å². The van der Waals surface area contributed by atoms with Gasteiger partial charge in [-0.05, 0) is 49.3 Å². The molecular weight excluding hydrogens is 506 g/mol. The summed E-state index contributed by atoms with van der Waals surface area (Å²) in [6.45, 7) is 3.47. The highest BCUT2D eigenvalue weighted by Crippen LogP contribution is 2.25. The Morgan fingerprint density at radius 2 is 1.30 bits per heavy atom. The Kier molecular flexibility index (Phi) is 7.37. The predicted octanol–water partition coefficient (Wildman–Crippen LogP) is 5.49. The van der Waals surface area contributed by atoms with Crippen LogP contribution in [0.2, 0.25) is 0 Å². The van der Waals surface area contributed by atoms with Crippen LogP contribution in [0.1, 0.15) is 48.3 Å². The second-order valence-electron chi connectivity index (χ2n) is 9.38. The molecule has 200 valence electrons. The third-order valence-electron chi connectivity index (χ3n) is 6.91. The molecule has 0 fully saturated rings. The lowest BCUT2D eigenvalue weighted by molar-refractivity contribution is -0.387. The maximum absolute atomic E-state index is 14.1. The van der Waals surface area contributed by atoms with Gasteiger partial charge in [0.25, 0.3) is 0 Å². The van der Waals surface area contributed by atoms with E-state index in [0.717, 1.165) is 15.8 Å². The number of nitrogens with zero attached hydrogens (tertiary/aromatic N) is 5. The highest BCUT2D eigenvalue weighted by Gasteiger charge is 2.31. The van der Waals surface area contributed by atoms with Crippen molar-refractivity contribution in [2.24, 2.45) is 0 Å². The number of nitro groups is 1. The number of aromatic nitrogens is 4. The molecule has 0 radical (unpaired) electrons. The first-order chi connectivity index (χ1) is 19.4. The van der Waals surface area contributed by atoms with E-state index in [1.54, 1.807) is 61.3 Å². The smallest absolute Gasteiger partial charge is 0.280 e. The average molecular weight is 534 g/mol. The second-order valence-corrected chi connectivity index (χ2v) is 9.38. The molecule has 5 aromatic rings. The molecule has 3 aromatic carbocycles. The fraction of sp³-hybridized carbons (Fsp3) is 0.129. The molecule has 0 aliphatic carbocycles. The van der Waals surface area contributed by atoms with E-state index in [9.17, 15) is 19.7 Å². The lowest BCUT2D eigenvalue weighted by Crippen LogP contribution is -2.44. The van der Waals surface area contributed by atoms with Crippen LogP contribution < -0.4 is 11.2 Å². The van der Waals surface area contributed by atoms with Gasteiger partial charge in [-0.15, -0.1) is 0 Å². The molecule has 0 spiro atoms. The van der Waals surface area contributed by atoms with Crippen molar-refractivity contribution in [1.29, 1.82) is 0 Å². The first-order valence-electron chi connectivity index (χ1n) is 12.8. The van der Waals surface area contributed by atoms with Crippen molar-refractivity contribution in [2.45, 2.75) is 25.9 Å². The van der Waals surface area contributed by atoms with Gasteiger partial charge in [0.2, 0.25) is 0 Å². The Bertz CT molecular complexity index is 1790. The minimum absolute atomic E-state index is 0.0830. The Morgan fingerprint density at radius 3 is 1.85 bits per heavy atom. The number of benzene rings is 3. The van der Waals surface area contributed by atoms with Gasteiger partial charge in [0, 0.05) is 11.8 Å². The normalized spacial score (nSPS) is 12.8. The van der Waals surface area contributed by atoms with Crippen molar-refractivity contribution < 1.29 is 4.92 Å². The van der Waals surface area contributed by atoms with E-state index in [1.165, 1.54) is 10.6 Å². The van der Waals surface area contributed by atoms with Gasteiger partial charge in [-0.3, -0.25) is 19.5 Å². The van der Waals surface area contributed by atoms with Crippen LogP contribution in [0.5, 0.6) is 0 Å². The molecular formula is C31H27N5O4. The Labute approximate surface area is 230 Å². The molecule has 2 aromatic heterocycles. The van der Waals surface area contributed by atoms with Crippen molar-refractivity contribution in [3.63, 3.8) is 0 Å². The van der Waals surface area contributed by atoms with Crippen LogP contribution in [-0.4, -0.2) is 23.8 Å². The van der Waals surface area contributed by atoms with E-state index in [2.05, 4.69) is 5.10 Å². The van der Waals surface area contributed by atoms with Crippen LogP contribution >= 0.6 is 0 Å². The van der Waals surface area contributed by atoms with Gasteiger partial charge < -0.3 is 0 Å². The molecule has 5 rings (SSSR count). The van der Waals surface area contributed by atoms with Gasteiger partial charge in [0.05, 0.1) is 28.9 Å². The molecule has 0 N–H and O–H groups in total. The van der Waals surface area contributed by atoms with Gasteiger partial charge in [-0.25, -0.2) is 14.0 Å². The van der Waals surface area contributed by atoms with Crippen molar-refractivity contribution >= 4 is 17.8 Å². The van der Waals surface area contributed by atoms with Crippen LogP contribution in [0.3, 0.4) is 0 Å². The van der Waals surface area contributed by atoms with Gasteiger partial charge in [-0.2, -0.15) is 5.10 Å². The summed E-state index contributed by atoms with van der Waals surface area (Å²) in [6.07, 6.45) is 6.44. The van der Waals surface area contributed by atoms with Crippen LogP contribution in [-0.2, 0) is 0 Å². The van der Waals surface area contributed by atoms with E-state index in [4.69, 9.17) is 0 Å². The van der Waals surface area contributed by atoms with E-state index in [1.807, 2.05) is 66.7 Å². The topological polar surface area (TPSA) is 105 Å². The molecule has 0 aliphatic rings. The molecule has 40 heavy (non-hydrogen) atoms. The average Bonchev–Trinajstić information content (AvgIpc) is 3.46. The van der Waals surface area contributed by atoms with Crippen molar-refractivity contribution in [3.05, 3.63) is 157 Å². The Morgan fingerprint density at radius 1 is 0.775 bits per heavy atom. The monoisotopic (exact) mass is 533 g/mol. The first-order valence-corrected chi connectivity index (χ1v) is 12.8. The molecule has 2 unspecified atom stereocenters. The van der Waals surface area contributed by atoms with Gasteiger partial charge in [-0.1, -0.05) is 78.9 Å². The van der Waals surface area contributed by atoms with Crippen LogP contribution in [0, 0.1) is 10.1 Å². The minimum atomic E-state index is -0.956. The zero-order valence-electron chi connectivity index (χ0n) is 22.0. The molecule has 2 atom stereocenters.